The maximum atomic E-state index is 12.5. The molecule has 0 radical (unpaired) electrons. The van der Waals surface area contributed by atoms with Crippen LogP contribution in [0, 0.1) is 0 Å². The molecule has 4 nitrogen and oxygen atoms in total. The Balaban J connectivity index is 2.23. The number of rotatable bonds is 3. The number of nitrogen functional groups attached to an aromatic ring is 1. The zero-order valence-corrected chi connectivity index (χ0v) is 9.61. The molecule has 0 spiro atoms. The second kappa shape index (κ2) is 5.15. The van der Waals surface area contributed by atoms with Gasteiger partial charge in [-0.25, -0.2) is 5.84 Å². The molecule has 0 unspecified atom stereocenters. The van der Waals surface area contributed by atoms with Crippen LogP contribution in [0.25, 0.3) is 0 Å². The van der Waals surface area contributed by atoms with Gasteiger partial charge in [0, 0.05) is 6.07 Å². The molecule has 0 fully saturated rings. The molecule has 0 bridgehead atoms. The average Bonchev–Trinajstić information content (AvgIpc) is 2.38. The summed E-state index contributed by atoms with van der Waals surface area (Å²) in [5.74, 6) is 5.73. The van der Waals surface area contributed by atoms with E-state index in [1.54, 1.807) is 12.1 Å². The lowest BCUT2D eigenvalue weighted by Gasteiger charge is -2.09. The fourth-order valence-electron chi connectivity index (χ4n) is 1.41. The molecule has 3 N–H and O–H groups in total. The number of alkyl halides is 3. The highest BCUT2D eigenvalue weighted by atomic mass is 19.4. The number of halogens is 3. The molecule has 0 aliphatic heterocycles. The number of nitrogens with one attached hydrogen (secondary N) is 1. The number of pyridine rings is 1. The minimum Gasteiger partial charge on any atom is -0.439 e. The van der Waals surface area contributed by atoms with Crippen molar-refractivity contribution in [3.05, 3.63) is 48.0 Å². The second-order valence-electron chi connectivity index (χ2n) is 3.63. The van der Waals surface area contributed by atoms with Crippen molar-refractivity contribution in [3.8, 4) is 11.6 Å². The normalized spacial score (nSPS) is 11.2. The number of hydrogen-bond acceptors (Lipinski definition) is 4. The van der Waals surface area contributed by atoms with Gasteiger partial charge >= 0.3 is 6.18 Å². The predicted molar refractivity (Wildman–Crippen MR) is 63.6 cm³/mol. The van der Waals surface area contributed by atoms with Crippen molar-refractivity contribution in [2.24, 2.45) is 5.84 Å². The van der Waals surface area contributed by atoms with E-state index >= 15 is 0 Å². The Morgan fingerprint density at radius 3 is 2.53 bits per heavy atom. The number of aromatic nitrogens is 1. The van der Waals surface area contributed by atoms with Crippen molar-refractivity contribution >= 4 is 5.82 Å². The first-order valence-electron chi connectivity index (χ1n) is 5.28. The second-order valence-corrected chi connectivity index (χ2v) is 3.63. The standard InChI is InChI=1S/C12H10F3N3O/c13-12(14,15)8-3-1-4-9(7-8)19-11-6-2-5-10(17-11)18-16/h1-7H,16H2,(H,17,18). The average molecular weight is 269 g/mol. The smallest absolute Gasteiger partial charge is 0.416 e. The molecule has 0 saturated heterocycles. The molecule has 1 aromatic heterocycles. The first kappa shape index (κ1) is 13.2. The number of hydrogen-bond donors (Lipinski definition) is 2. The summed E-state index contributed by atoms with van der Waals surface area (Å²) in [6, 6.07) is 9.29. The van der Waals surface area contributed by atoms with Crippen LogP contribution in [0.4, 0.5) is 19.0 Å². The Kier molecular flexibility index (Phi) is 3.57. The van der Waals surface area contributed by atoms with Crippen molar-refractivity contribution in [2.75, 3.05) is 5.43 Å². The van der Waals surface area contributed by atoms with Gasteiger partial charge in [0.15, 0.2) is 0 Å². The van der Waals surface area contributed by atoms with Crippen LogP contribution in [-0.2, 0) is 6.18 Å². The third-order valence-electron chi connectivity index (χ3n) is 2.26. The van der Waals surface area contributed by atoms with E-state index in [-0.39, 0.29) is 11.6 Å². The molecule has 7 heteroatoms. The van der Waals surface area contributed by atoms with Gasteiger partial charge in [0.2, 0.25) is 5.88 Å². The van der Waals surface area contributed by atoms with Gasteiger partial charge in [-0.3, -0.25) is 0 Å². The minimum atomic E-state index is -4.41. The number of nitrogens with zero attached hydrogens (tertiary/aromatic N) is 1. The molecular formula is C12H10F3N3O. The summed E-state index contributed by atoms with van der Waals surface area (Å²) < 4.78 is 42.8. The Morgan fingerprint density at radius 1 is 1.11 bits per heavy atom. The number of hydrazine groups is 1. The van der Waals surface area contributed by atoms with Crippen LogP contribution in [0.5, 0.6) is 11.6 Å². The van der Waals surface area contributed by atoms with Crippen LogP contribution in [0.15, 0.2) is 42.5 Å². The molecule has 0 atom stereocenters. The highest BCUT2D eigenvalue weighted by Gasteiger charge is 2.30. The molecule has 19 heavy (non-hydrogen) atoms. The Hall–Kier alpha value is -2.28. The van der Waals surface area contributed by atoms with Crippen LogP contribution in [0.1, 0.15) is 5.56 Å². The van der Waals surface area contributed by atoms with Crippen LogP contribution in [0.3, 0.4) is 0 Å². The highest BCUT2D eigenvalue weighted by molar-refractivity contribution is 5.38. The zero-order chi connectivity index (χ0) is 13.9. The molecule has 100 valence electrons. The van der Waals surface area contributed by atoms with E-state index in [0.717, 1.165) is 12.1 Å². The Labute approximate surface area is 107 Å². The third-order valence-corrected chi connectivity index (χ3v) is 2.26. The number of anilines is 1. The number of nitrogens with two attached hydrogens (primary N) is 1. The van der Waals surface area contributed by atoms with Crippen LogP contribution >= 0.6 is 0 Å². The molecule has 0 aliphatic carbocycles. The van der Waals surface area contributed by atoms with E-state index in [4.69, 9.17) is 10.6 Å². The van der Waals surface area contributed by atoms with Crippen LogP contribution in [-0.4, -0.2) is 4.98 Å². The fourth-order valence-corrected chi connectivity index (χ4v) is 1.41. The van der Waals surface area contributed by atoms with E-state index in [0.29, 0.717) is 5.82 Å². The summed E-state index contributed by atoms with van der Waals surface area (Å²) in [5.41, 5.74) is 1.54. The van der Waals surface area contributed by atoms with E-state index in [9.17, 15) is 13.2 Å². The van der Waals surface area contributed by atoms with Gasteiger partial charge in [-0.15, -0.1) is 0 Å². The lowest BCUT2D eigenvalue weighted by molar-refractivity contribution is -0.137. The van der Waals surface area contributed by atoms with Crippen molar-refractivity contribution in [2.45, 2.75) is 6.18 Å². The van der Waals surface area contributed by atoms with E-state index in [1.807, 2.05) is 0 Å². The minimum absolute atomic E-state index is 0.0523. The van der Waals surface area contributed by atoms with E-state index in [2.05, 4.69) is 10.4 Å². The van der Waals surface area contributed by atoms with Crippen LogP contribution in [0.2, 0.25) is 0 Å². The summed E-state index contributed by atoms with van der Waals surface area (Å²) in [7, 11) is 0. The maximum Gasteiger partial charge on any atom is 0.416 e. The van der Waals surface area contributed by atoms with Crippen molar-refractivity contribution in [1.82, 2.24) is 4.98 Å². The fraction of sp³-hybridized carbons (Fsp3) is 0.0833. The zero-order valence-electron chi connectivity index (χ0n) is 9.61. The highest BCUT2D eigenvalue weighted by Crippen LogP contribution is 2.32. The third kappa shape index (κ3) is 3.35. The molecule has 0 aliphatic rings. The van der Waals surface area contributed by atoms with E-state index in [1.165, 1.54) is 18.2 Å². The molecule has 1 heterocycles. The summed E-state index contributed by atoms with van der Waals surface area (Å²) >= 11 is 0. The topological polar surface area (TPSA) is 60.2 Å². The van der Waals surface area contributed by atoms with Gasteiger partial charge in [-0.2, -0.15) is 18.2 Å². The van der Waals surface area contributed by atoms with Gasteiger partial charge < -0.3 is 10.2 Å². The van der Waals surface area contributed by atoms with Gasteiger partial charge in [0.05, 0.1) is 5.56 Å². The lowest BCUT2D eigenvalue weighted by atomic mass is 10.2. The van der Waals surface area contributed by atoms with Crippen molar-refractivity contribution < 1.29 is 17.9 Å². The Bertz CT molecular complexity index is 572. The van der Waals surface area contributed by atoms with Crippen LogP contribution < -0.4 is 16.0 Å². The maximum absolute atomic E-state index is 12.5. The SMILES string of the molecule is NNc1cccc(Oc2cccc(C(F)(F)F)c2)n1. The summed E-state index contributed by atoms with van der Waals surface area (Å²) in [6.07, 6.45) is -4.41. The van der Waals surface area contributed by atoms with Crippen molar-refractivity contribution in [1.29, 1.82) is 0 Å². The summed E-state index contributed by atoms with van der Waals surface area (Å²) in [5, 5.41) is 0. The molecule has 0 amide bonds. The summed E-state index contributed by atoms with van der Waals surface area (Å²) in [6.45, 7) is 0. The largest absolute Gasteiger partial charge is 0.439 e. The summed E-state index contributed by atoms with van der Waals surface area (Å²) in [4.78, 5) is 3.94. The van der Waals surface area contributed by atoms with Gasteiger partial charge in [-0.05, 0) is 24.3 Å². The molecule has 0 saturated carbocycles. The number of benzene rings is 1. The molecule has 2 rings (SSSR count). The Morgan fingerprint density at radius 2 is 1.84 bits per heavy atom. The van der Waals surface area contributed by atoms with Gasteiger partial charge in [0.1, 0.15) is 11.6 Å². The molecular weight excluding hydrogens is 259 g/mol. The lowest BCUT2D eigenvalue weighted by Crippen LogP contribution is -2.08. The number of ether oxygens (including phenoxy) is 1. The molecule has 2 aromatic rings. The van der Waals surface area contributed by atoms with Gasteiger partial charge in [0.25, 0.3) is 0 Å². The van der Waals surface area contributed by atoms with Gasteiger partial charge in [-0.1, -0.05) is 12.1 Å². The predicted octanol–water partition coefficient (Wildman–Crippen LogP) is 3.18. The monoisotopic (exact) mass is 269 g/mol. The molecule has 1 aromatic carbocycles. The quantitative estimate of drug-likeness (QED) is 0.663. The van der Waals surface area contributed by atoms with E-state index < -0.39 is 11.7 Å². The van der Waals surface area contributed by atoms with Crippen molar-refractivity contribution in [3.63, 3.8) is 0 Å². The first-order chi connectivity index (χ1) is 8.99. The first-order valence-corrected chi connectivity index (χ1v) is 5.28.